The summed E-state index contributed by atoms with van der Waals surface area (Å²) in [7, 11) is 0. The van der Waals surface area contributed by atoms with Crippen LogP contribution in [0.5, 0.6) is 0 Å². The van der Waals surface area contributed by atoms with E-state index in [1.54, 1.807) is 24.4 Å². The third-order valence-electron chi connectivity index (χ3n) is 4.14. The Morgan fingerprint density at radius 2 is 1.93 bits per heavy atom. The van der Waals surface area contributed by atoms with Crippen molar-refractivity contribution in [2.45, 2.75) is 26.9 Å². The van der Waals surface area contributed by atoms with Crippen molar-refractivity contribution in [3.63, 3.8) is 0 Å². The molecule has 0 unspecified atom stereocenters. The van der Waals surface area contributed by atoms with Gasteiger partial charge in [-0.3, -0.25) is 24.3 Å². The van der Waals surface area contributed by atoms with E-state index in [0.717, 1.165) is 5.56 Å². The fourth-order valence-corrected chi connectivity index (χ4v) is 3.47. The molecule has 3 rings (SSSR count). The molecule has 0 aliphatic rings. The predicted molar refractivity (Wildman–Crippen MR) is 110 cm³/mol. The molecule has 12 heteroatoms. The number of hydrogen-bond donors (Lipinski definition) is 1. The highest BCUT2D eigenvalue weighted by Gasteiger charge is 2.23. The molecule has 1 N–H and O–H groups in total. The van der Waals surface area contributed by atoms with Crippen LogP contribution in [0.3, 0.4) is 0 Å². The molecular formula is C17H15Cl3N6O3. The predicted octanol–water partition coefficient (Wildman–Crippen LogP) is 4.25. The molecule has 2 heterocycles. The second-order valence-corrected chi connectivity index (χ2v) is 7.49. The Kier molecular flexibility index (Phi) is 6.11. The summed E-state index contributed by atoms with van der Waals surface area (Å²) in [5.41, 5.74) is 1.20. The standard InChI is InChI=1S/C17H15Cl3N6O3/c1-9-16(26(28)29)10(2)25(22-9)8-15(27)21-17-14(20)7-24(23-17)6-11-3-4-12(18)5-13(11)19/h3-5,7H,6,8H2,1-2H3,(H,21,23,27). The maximum absolute atomic E-state index is 12.4. The summed E-state index contributed by atoms with van der Waals surface area (Å²) in [6.45, 7) is 3.16. The first-order valence-corrected chi connectivity index (χ1v) is 9.44. The number of aromatic nitrogens is 4. The number of rotatable bonds is 6. The highest BCUT2D eigenvalue weighted by Crippen LogP contribution is 2.25. The zero-order chi connectivity index (χ0) is 21.3. The van der Waals surface area contributed by atoms with Gasteiger partial charge in [-0.15, -0.1) is 0 Å². The Hall–Kier alpha value is -2.62. The van der Waals surface area contributed by atoms with E-state index >= 15 is 0 Å². The fourth-order valence-electron chi connectivity index (χ4n) is 2.80. The molecule has 1 amide bonds. The lowest BCUT2D eigenvalue weighted by molar-refractivity contribution is -0.386. The highest BCUT2D eigenvalue weighted by molar-refractivity contribution is 6.35. The lowest BCUT2D eigenvalue weighted by Gasteiger charge is -2.06. The second-order valence-electron chi connectivity index (χ2n) is 6.24. The third-order valence-corrected chi connectivity index (χ3v) is 5.01. The number of nitrogens with one attached hydrogen (secondary N) is 1. The van der Waals surface area contributed by atoms with Crippen molar-refractivity contribution >= 4 is 52.2 Å². The van der Waals surface area contributed by atoms with Crippen LogP contribution in [0.15, 0.2) is 24.4 Å². The van der Waals surface area contributed by atoms with Gasteiger partial charge in [0.15, 0.2) is 5.82 Å². The van der Waals surface area contributed by atoms with Crippen molar-refractivity contribution in [1.29, 1.82) is 0 Å². The average Bonchev–Trinajstić information content (AvgIpc) is 3.09. The Morgan fingerprint density at radius 1 is 1.21 bits per heavy atom. The number of anilines is 1. The number of halogens is 3. The number of benzene rings is 1. The van der Waals surface area contributed by atoms with Crippen molar-refractivity contribution in [1.82, 2.24) is 19.6 Å². The molecule has 3 aromatic rings. The topological polar surface area (TPSA) is 108 Å². The normalized spacial score (nSPS) is 10.9. The van der Waals surface area contributed by atoms with Gasteiger partial charge >= 0.3 is 5.69 Å². The summed E-state index contributed by atoms with van der Waals surface area (Å²) in [5, 5.41) is 23.2. The maximum atomic E-state index is 12.4. The van der Waals surface area contributed by atoms with Gasteiger partial charge in [0.25, 0.3) is 0 Å². The monoisotopic (exact) mass is 456 g/mol. The average molecular weight is 458 g/mol. The minimum Gasteiger partial charge on any atom is -0.306 e. The van der Waals surface area contributed by atoms with Crippen LogP contribution < -0.4 is 5.32 Å². The summed E-state index contributed by atoms with van der Waals surface area (Å²) < 4.78 is 2.79. The molecular weight excluding hydrogens is 443 g/mol. The molecule has 0 bridgehead atoms. The van der Waals surface area contributed by atoms with Crippen LogP contribution in [0, 0.1) is 24.0 Å². The number of hydrogen-bond acceptors (Lipinski definition) is 5. The smallest absolute Gasteiger partial charge is 0.306 e. The number of carbonyl (C=O) groups excluding carboxylic acids is 1. The van der Waals surface area contributed by atoms with E-state index in [4.69, 9.17) is 34.8 Å². The lowest BCUT2D eigenvalue weighted by atomic mass is 10.2. The van der Waals surface area contributed by atoms with Crippen molar-refractivity contribution < 1.29 is 9.72 Å². The number of nitro groups is 1. The zero-order valence-electron chi connectivity index (χ0n) is 15.3. The second kappa shape index (κ2) is 8.40. The van der Waals surface area contributed by atoms with E-state index in [2.05, 4.69) is 15.5 Å². The van der Waals surface area contributed by atoms with Crippen molar-refractivity contribution in [2.75, 3.05) is 5.32 Å². The number of carbonyl (C=O) groups is 1. The Morgan fingerprint density at radius 3 is 2.55 bits per heavy atom. The summed E-state index contributed by atoms with van der Waals surface area (Å²) in [6, 6.07) is 5.11. The molecule has 0 radical (unpaired) electrons. The van der Waals surface area contributed by atoms with Crippen molar-refractivity contribution in [3.8, 4) is 0 Å². The zero-order valence-corrected chi connectivity index (χ0v) is 17.6. The fraction of sp³-hybridized carbons (Fsp3) is 0.235. The van der Waals surface area contributed by atoms with Crippen LogP contribution in [-0.2, 0) is 17.9 Å². The maximum Gasteiger partial charge on any atom is 0.312 e. The van der Waals surface area contributed by atoms with Gasteiger partial charge in [0.1, 0.15) is 23.0 Å². The van der Waals surface area contributed by atoms with Gasteiger partial charge in [0.05, 0.1) is 11.5 Å². The Labute approximate surface area is 180 Å². The van der Waals surface area contributed by atoms with Crippen molar-refractivity contribution in [3.05, 3.63) is 66.5 Å². The summed E-state index contributed by atoms with van der Waals surface area (Å²) in [6.07, 6.45) is 1.55. The summed E-state index contributed by atoms with van der Waals surface area (Å²) in [5.74, 6) is -0.306. The minimum absolute atomic E-state index is 0.111. The first-order valence-electron chi connectivity index (χ1n) is 8.31. The molecule has 0 fully saturated rings. The van der Waals surface area contributed by atoms with Crippen LogP contribution in [0.4, 0.5) is 11.5 Å². The van der Waals surface area contributed by atoms with Crippen LogP contribution in [0.25, 0.3) is 0 Å². The Bertz CT molecular complexity index is 1110. The van der Waals surface area contributed by atoms with Gasteiger partial charge in [0, 0.05) is 16.2 Å². The highest BCUT2D eigenvalue weighted by atomic mass is 35.5. The third kappa shape index (κ3) is 4.69. The molecule has 0 aliphatic carbocycles. The number of nitrogens with zero attached hydrogens (tertiary/aromatic N) is 5. The first-order chi connectivity index (χ1) is 13.7. The van der Waals surface area contributed by atoms with E-state index in [-0.39, 0.29) is 34.5 Å². The molecule has 1 aromatic carbocycles. The Balaban J connectivity index is 1.72. The minimum atomic E-state index is -0.521. The largest absolute Gasteiger partial charge is 0.312 e. The molecule has 2 aromatic heterocycles. The summed E-state index contributed by atoms with van der Waals surface area (Å²) >= 11 is 18.2. The molecule has 0 atom stereocenters. The van der Waals surface area contributed by atoms with Crippen LogP contribution in [-0.4, -0.2) is 30.4 Å². The van der Waals surface area contributed by atoms with Crippen LogP contribution >= 0.6 is 34.8 Å². The molecule has 0 saturated carbocycles. The van der Waals surface area contributed by atoms with Crippen molar-refractivity contribution in [2.24, 2.45) is 0 Å². The molecule has 9 nitrogen and oxygen atoms in total. The van der Waals surface area contributed by atoms with Gasteiger partial charge in [-0.05, 0) is 31.5 Å². The molecule has 0 spiro atoms. The quantitative estimate of drug-likeness (QED) is 0.440. The van der Waals surface area contributed by atoms with Crippen LogP contribution in [0.1, 0.15) is 17.0 Å². The molecule has 0 saturated heterocycles. The van der Waals surface area contributed by atoms with Crippen LogP contribution in [0.2, 0.25) is 15.1 Å². The first kappa shape index (κ1) is 21.1. The van der Waals surface area contributed by atoms with Gasteiger partial charge in [-0.25, -0.2) is 0 Å². The van der Waals surface area contributed by atoms with Gasteiger partial charge < -0.3 is 5.32 Å². The van der Waals surface area contributed by atoms with E-state index in [0.29, 0.717) is 16.6 Å². The van der Waals surface area contributed by atoms with Gasteiger partial charge in [0.2, 0.25) is 5.91 Å². The summed E-state index contributed by atoms with van der Waals surface area (Å²) in [4.78, 5) is 22.9. The molecule has 0 aliphatic heterocycles. The molecule has 152 valence electrons. The lowest BCUT2D eigenvalue weighted by Crippen LogP contribution is -2.21. The van der Waals surface area contributed by atoms with Gasteiger partial charge in [-0.1, -0.05) is 40.9 Å². The van der Waals surface area contributed by atoms with Gasteiger partial charge in [-0.2, -0.15) is 10.2 Å². The van der Waals surface area contributed by atoms with E-state index in [1.807, 2.05) is 0 Å². The number of amides is 1. The molecule has 29 heavy (non-hydrogen) atoms. The van der Waals surface area contributed by atoms with E-state index in [9.17, 15) is 14.9 Å². The SMILES string of the molecule is Cc1nn(CC(=O)Nc2nn(Cc3ccc(Cl)cc3Cl)cc2Cl)c(C)c1[N+](=O)[O-]. The van der Waals surface area contributed by atoms with E-state index in [1.165, 1.54) is 23.2 Å². The van der Waals surface area contributed by atoms with E-state index < -0.39 is 10.8 Å². The number of aryl methyl sites for hydroxylation is 1.